The summed E-state index contributed by atoms with van der Waals surface area (Å²) >= 11 is 1.63. The standard InChI is InChI=1S/C12H20N4O2S/c1-18-8-2-10(13)11(17)15-4-6-16(7-5-15)12-14-3-9-19-12/h3,9-10H,2,4-8,13H2,1H3. The number of thiazole rings is 1. The summed E-state index contributed by atoms with van der Waals surface area (Å²) in [5, 5.41) is 2.99. The van der Waals surface area contributed by atoms with Crippen molar-refractivity contribution in [2.24, 2.45) is 5.73 Å². The number of nitrogens with zero attached hydrogens (tertiary/aromatic N) is 3. The van der Waals surface area contributed by atoms with Crippen molar-refractivity contribution in [2.75, 3.05) is 44.8 Å². The summed E-state index contributed by atoms with van der Waals surface area (Å²) in [6.07, 6.45) is 2.38. The van der Waals surface area contributed by atoms with Crippen LogP contribution in [0.4, 0.5) is 5.13 Å². The van der Waals surface area contributed by atoms with E-state index in [9.17, 15) is 4.79 Å². The minimum atomic E-state index is -0.452. The zero-order valence-electron chi connectivity index (χ0n) is 11.1. The molecule has 6 nitrogen and oxygen atoms in total. The molecule has 7 heteroatoms. The van der Waals surface area contributed by atoms with Crippen LogP contribution in [-0.2, 0) is 9.53 Å². The Morgan fingerprint density at radius 3 is 2.84 bits per heavy atom. The fourth-order valence-corrected chi connectivity index (χ4v) is 2.79. The lowest BCUT2D eigenvalue weighted by atomic mass is 10.2. The van der Waals surface area contributed by atoms with Crippen molar-refractivity contribution in [3.8, 4) is 0 Å². The fraction of sp³-hybridized carbons (Fsp3) is 0.667. The zero-order chi connectivity index (χ0) is 13.7. The first-order valence-corrected chi connectivity index (χ1v) is 7.28. The molecule has 106 valence electrons. The van der Waals surface area contributed by atoms with E-state index >= 15 is 0 Å². The summed E-state index contributed by atoms with van der Waals surface area (Å²) in [6, 6.07) is -0.452. The molecule has 1 saturated heterocycles. The molecule has 1 amide bonds. The van der Waals surface area contributed by atoms with E-state index in [2.05, 4.69) is 9.88 Å². The Morgan fingerprint density at radius 1 is 1.53 bits per heavy atom. The highest BCUT2D eigenvalue weighted by atomic mass is 32.1. The molecule has 1 fully saturated rings. The minimum absolute atomic E-state index is 0.0239. The molecule has 0 bridgehead atoms. The molecule has 2 heterocycles. The topological polar surface area (TPSA) is 71.7 Å². The first-order chi connectivity index (χ1) is 9.22. The number of piperazine rings is 1. The van der Waals surface area contributed by atoms with E-state index < -0.39 is 6.04 Å². The number of nitrogens with two attached hydrogens (primary N) is 1. The van der Waals surface area contributed by atoms with E-state index in [4.69, 9.17) is 10.5 Å². The summed E-state index contributed by atoms with van der Waals surface area (Å²) in [5.74, 6) is 0.0239. The summed E-state index contributed by atoms with van der Waals surface area (Å²) < 4.78 is 4.95. The number of rotatable bonds is 5. The molecule has 2 N–H and O–H groups in total. The van der Waals surface area contributed by atoms with E-state index in [0.29, 0.717) is 26.1 Å². The Balaban J connectivity index is 1.81. The van der Waals surface area contributed by atoms with Crippen LogP contribution in [0, 0.1) is 0 Å². The number of hydrogen-bond donors (Lipinski definition) is 1. The van der Waals surface area contributed by atoms with E-state index in [1.54, 1.807) is 24.6 Å². The number of carbonyl (C=O) groups excluding carboxylic acids is 1. The minimum Gasteiger partial charge on any atom is -0.385 e. The second-order valence-corrected chi connectivity index (χ2v) is 5.39. The molecule has 1 atom stereocenters. The third-order valence-corrected chi connectivity index (χ3v) is 4.06. The van der Waals surface area contributed by atoms with Crippen molar-refractivity contribution in [1.82, 2.24) is 9.88 Å². The molecule has 1 unspecified atom stereocenters. The third-order valence-electron chi connectivity index (χ3n) is 3.23. The summed E-state index contributed by atoms with van der Waals surface area (Å²) in [6.45, 7) is 3.57. The van der Waals surface area contributed by atoms with Gasteiger partial charge in [-0.15, -0.1) is 11.3 Å². The largest absolute Gasteiger partial charge is 0.385 e. The highest BCUT2D eigenvalue weighted by Gasteiger charge is 2.25. The van der Waals surface area contributed by atoms with Crippen LogP contribution in [0.3, 0.4) is 0 Å². The number of aromatic nitrogens is 1. The molecule has 1 aromatic rings. The van der Waals surface area contributed by atoms with Crippen molar-refractivity contribution in [2.45, 2.75) is 12.5 Å². The van der Waals surface area contributed by atoms with Crippen LogP contribution in [0.15, 0.2) is 11.6 Å². The van der Waals surface area contributed by atoms with Crippen LogP contribution in [0.25, 0.3) is 0 Å². The number of ether oxygens (including phenoxy) is 1. The van der Waals surface area contributed by atoms with Gasteiger partial charge in [-0.3, -0.25) is 4.79 Å². The van der Waals surface area contributed by atoms with Gasteiger partial charge in [-0.2, -0.15) is 0 Å². The number of hydrogen-bond acceptors (Lipinski definition) is 6. The molecule has 1 aliphatic rings. The lowest BCUT2D eigenvalue weighted by Crippen LogP contribution is -2.53. The number of methoxy groups -OCH3 is 1. The predicted molar refractivity (Wildman–Crippen MR) is 75.4 cm³/mol. The Kier molecular flexibility index (Phi) is 5.12. The van der Waals surface area contributed by atoms with Gasteiger partial charge in [0.25, 0.3) is 0 Å². The van der Waals surface area contributed by atoms with Gasteiger partial charge in [-0.25, -0.2) is 4.98 Å². The monoisotopic (exact) mass is 284 g/mol. The second-order valence-electron chi connectivity index (χ2n) is 4.51. The Morgan fingerprint density at radius 2 is 2.26 bits per heavy atom. The highest BCUT2D eigenvalue weighted by molar-refractivity contribution is 7.13. The molecule has 0 aliphatic carbocycles. The first-order valence-electron chi connectivity index (χ1n) is 6.40. The average Bonchev–Trinajstić information content (AvgIpc) is 2.98. The van der Waals surface area contributed by atoms with Crippen LogP contribution >= 0.6 is 11.3 Å². The highest BCUT2D eigenvalue weighted by Crippen LogP contribution is 2.19. The van der Waals surface area contributed by atoms with Crippen molar-refractivity contribution < 1.29 is 9.53 Å². The fourth-order valence-electron chi connectivity index (χ4n) is 2.09. The molecule has 0 radical (unpaired) electrons. The average molecular weight is 284 g/mol. The van der Waals surface area contributed by atoms with Gasteiger partial charge >= 0.3 is 0 Å². The Labute approximate surface area is 117 Å². The van der Waals surface area contributed by atoms with E-state index in [-0.39, 0.29) is 5.91 Å². The molecule has 1 aromatic heterocycles. The van der Waals surface area contributed by atoms with Crippen LogP contribution in [0.1, 0.15) is 6.42 Å². The summed E-state index contributed by atoms with van der Waals surface area (Å²) in [7, 11) is 1.62. The normalized spacial score (nSPS) is 17.6. The SMILES string of the molecule is COCCC(N)C(=O)N1CCN(c2nccs2)CC1. The molecular formula is C12H20N4O2S. The van der Waals surface area contributed by atoms with E-state index in [0.717, 1.165) is 18.2 Å². The van der Waals surface area contributed by atoms with Crippen molar-refractivity contribution in [1.29, 1.82) is 0 Å². The van der Waals surface area contributed by atoms with Crippen molar-refractivity contribution >= 4 is 22.4 Å². The zero-order valence-corrected chi connectivity index (χ0v) is 11.9. The first kappa shape index (κ1) is 14.2. The lowest BCUT2D eigenvalue weighted by Gasteiger charge is -2.35. The number of amides is 1. The quantitative estimate of drug-likeness (QED) is 0.833. The summed E-state index contributed by atoms with van der Waals surface area (Å²) in [5.41, 5.74) is 5.87. The van der Waals surface area contributed by atoms with Crippen molar-refractivity contribution in [3.05, 3.63) is 11.6 Å². The molecule has 0 saturated carbocycles. The van der Waals surface area contributed by atoms with Gasteiger partial charge in [0.05, 0.1) is 6.04 Å². The third kappa shape index (κ3) is 3.65. The van der Waals surface area contributed by atoms with Crippen LogP contribution in [0.2, 0.25) is 0 Å². The van der Waals surface area contributed by atoms with Crippen molar-refractivity contribution in [3.63, 3.8) is 0 Å². The molecule has 1 aliphatic heterocycles. The summed E-state index contributed by atoms with van der Waals surface area (Å²) in [4.78, 5) is 20.4. The van der Waals surface area contributed by atoms with E-state index in [1.165, 1.54) is 0 Å². The van der Waals surface area contributed by atoms with E-state index in [1.807, 2.05) is 10.3 Å². The maximum Gasteiger partial charge on any atom is 0.239 e. The van der Waals surface area contributed by atoms with Gasteiger partial charge in [0.1, 0.15) is 0 Å². The maximum atomic E-state index is 12.1. The molecule has 0 aromatic carbocycles. The van der Waals surface area contributed by atoms with Crippen LogP contribution < -0.4 is 10.6 Å². The Hall–Kier alpha value is -1.18. The van der Waals surface area contributed by atoms with Gasteiger partial charge < -0.3 is 20.3 Å². The van der Waals surface area contributed by atoms with Gasteiger partial charge in [0.15, 0.2) is 5.13 Å². The smallest absolute Gasteiger partial charge is 0.239 e. The second kappa shape index (κ2) is 6.83. The molecule has 2 rings (SSSR count). The van der Waals surface area contributed by atoms with Gasteiger partial charge in [-0.05, 0) is 6.42 Å². The molecular weight excluding hydrogens is 264 g/mol. The van der Waals surface area contributed by atoms with Gasteiger partial charge in [0, 0.05) is 51.5 Å². The lowest BCUT2D eigenvalue weighted by molar-refractivity contribution is -0.133. The van der Waals surface area contributed by atoms with Crippen LogP contribution in [0.5, 0.6) is 0 Å². The Bertz CT molecular complexity index is 390. The predicted octanol–water partition coefficient (Wildman–Crippen LogP) is 0.156. The number of anilines is 1. The van der Waals surface area contributed by atoms with Gasteiger partial charge in [-0.1, -0.05) is 0 Å². The van der Waals surface area contributed by atoms with Gasteiger partial charge in [0.2, 0.25) is 5.91 Å². The van der Waals surface area contributed by atoms with Crippen LogP contribution in [-0.4, -0.2) is 61.7 Å². The number of carbonyl (C=O) groups is 1. The maximum absolute atomic E-state index is 12.1. The molecule has 19 heavy (non-hydrogen) atoms. The molecule has 0 spiro atoms.